The van der Waals surface area contributed by atoms with Crippen molar-refractivity contribution in [2.45, 2.75) is 6.54 Å². The number of amides is 3. The minimum absolute atomic E-state index is 0.117. The summed E-state index contributed by atoms with van der Waals surface area (Å²) in [6.45, 7) is -0.205. The lowest BCUT2D eigenvalue weighted by Crippen LogP contribution is -2.40. The highest BCUT2D eigenvalue weighted by Crippen LogP contribution is 2.44. The lowest BCUT2D eigenvalue weighted by Gasteiger charge is -2.13. The molecule has 0 spiro atoms. The van der Waals surface area contributed by atoms with E-state index in [1.165, 1.54) is 0 Å². The first kappa shape index (κ1) is 19.0. The van der Waals surface area contributed by atoms with Crippen molar-refractivity contribution < 1.29 is 14.4 Å². The van der Waals surface area contributed by atoms with E-state index in [1.807, 2.05) is 30.3 Å². The molecule has 1 N–H and O–H groups in total. The topological polar surface area (TPSA) is 66.5 Å². The monoisotopic (exact) mass is 430 g/mol. The van der Waals surface area contributed by atoms with Crippen molar-refractivity contribution in [2.75, 3.05) is 6.54 Å². The Balaban J connectivity index is 1.79. The Bertz CT molecular complexity index is 885. The summed E-state index contributed by atoms with van der Waals surface area (Å²) in [4.78, 5) is 38.0. The summed E-state index contributed by atoms with van der Waals surface area (Å²) < 4.78 is 0. The van der Waals surface area contributed by atoms with Crippen LogP contribution >= 0.6 is 46.4 Å². The van der Waals surface area contributed by atoms with Crippen LogP contribution in [-0.2, 0) is 11.3 Å². The normalized spacial score (nSPS) is 13.2. The van der Waals surface area contributed by atoms with E-state index < -0.39 is 24.3 Å². The average Bonchev–Trinajstić information content (AvgIpc) is 2.88. The van der Waals surface area contributed by atoms with E-state index in [-0.39, 0.29) is 37.8 Å². The number of carbonyl (C=O) groups is 3. The fourth-order valence-electron chi connectivity index (χ4n) is 2.54. The number of nitrogens with zero attached hydrogens (tertiary/aromatic N) is 1. The molecule has 0 atom stereocenters. The predicted molar refractivity (Wildman–Crippen MR) is 100 cm³/mol. The highest BCUT2D eigenvalue weighted by molar-refractivity contribution is 6.55. The highest BCUT2D eigenvalue weighted by atomic mass is 35.5. The smallest absolute Gasteiger partial charge is 0.263 e. The van der Waals surface area contributed by atoms with Crippen molar-refractivity contribution in [3.8, 4) is 0 Å². The number of carbonyl (C=O) groups excluding carboxylic acids is 3. The second kappa shape index (κ2) is 7.45. The Kier molecular flexibility index (Phi) is 5.44. The number of hydrogen-bond donors (Lipinski definition) is 1. The quantitative estimate of drug-likeness (QED) is 0.447. The first-order chi connectivity index (χ1) is 12.3. The van der Waals surface area contributed by atoms with Gasteiger partial charge >= 0.3 is 0 Å². The third-order valence-electron chi connectivity index (χ3n) is 3.82. The van der Waals surface area contributed by atoms with Crippen molar-refractivity contribution in [1.29, 1.82) is 0 Å². The van der Waals surface area contributed by atoms with E-state index in [9.17, 15) is 14.4 Å². The number of halogens is 4. The third-order valence-corrected chi connectivity index (χ3v) is 5.62. The molecule has 3 rings (SSSR count). The molecule has 1 heterocycles. The molecule has 0 aliphatic carbocycles. The summed E-state index contributed by atoms with van der Waals surface area (Å²) in [5.41, 5.74) is 0.590. The van der Waals surface area contributed by atoms with E-state index in [2.05, 4.69) is 5.32 Å². The summed E-state index contributed by atoms with van der Waals surface area (Å²) in [5.74, 6) is -2.00. The zero-order valence-corrected chi connectivity index (χ0v) is 16.0. The van der Waals surface area contributed by atoms with Gasteiger partial charge in [-0.1, -0.05) is 76.7 Å². The number of hydrogen-bond acceptors (Lipinski definition) is 3. The zero-order valence-electron chi connectivity index (χ0n) is 13.0. The molecular formula is C17H10Cl4N2O3. The van der Waals surface area contributed by atoms with Gasteiger partial charge in [0.25, 0.3) is 11.8 Å². The lowest BCUT2D eigenvalue weighted by molar-refractivity contribution is -0.121. The molecule has 0 saturated carbocycles. The van der Waals surface area contributed by atoms with E-state index in [0.717, 1.165) is 10.5 Å². The molecular weight excluding hydrogens is 422 g/mol. The lowest BCUT2D eigenvalue weighted by atomic mass is 10.1. The Morgan fingerprint density at radius 1 is 0.846 bits per heavy atom. The second-order valence-electron chi connectivity index (χ2n) is 5.46. The maximum atomic E-state index is 12.5. The molecule has 0 aromatic heterocycles. The number of fused-ring (bicyclic) bond motifs is 1. The summed E-state index contributed by atoms with van der Waals surface area (Å²) in [7, 11) is 0. The zero-order chi connectivity index (χ0) is 19.0. The SMILES string of the molecule is O=C(CN1C(=O)c2c(Cl)c(Cl)c(Cl)c(Cl)c2C1=O)NCc1ccccc1. The van der Waals surface area contributed by atoms with Gasteiger partial charge in [-0.05, 0) is 5.56 Å². The first-order valence-corrected chi connectivity index (χ1v) is 8.86. The van der Waals surface area contributed by atoms with Crippen molar-refractivity contribution in [2.24, 2.45) is 0 Å². The maximum Gasteiger partial charge on any atom is 0.263 e. The van der Waals surface area contributed by atoms with Crippen molar-refractivity contribution in [3.05, 3.63) is 67.1 Å². The van der Waals surface area contributed by atoms with E-state index in [0.29, 0.717) is 0 Å². The van der Waals surface area contributed by atoms with Crippen molar-refractivity contribution in [3.63, 3.8) is 0 Å². The van der Waals surface area contributed by atoms with Crippen LogP contribution in [0.5, 0.6) is 0 Å². The number of benzene rings is 2. The fourth-order valence-corrected chi connectivity index (χ4v) is 3.55. The van der Waals surface area contributed by atoms with E-state index in [4.69, 9.17) is 46.4 Å². The molecule has 0 saturated heterocycles. The molecule has 0 fully saturated rings. The maximum absolute atomic E-state index is 12.5. The van der Waals surface area contributed by atoms with Crippen molar-refractivity contribution >= 4 is 64.1 Å². The van der Waals surface area contributed by atoms with Crippen LogP contribution in [0, 0.1) is 0 Å². The average molecular weight is 432 g/mol. The summed E-state index contributed by atoms with van der Waals surface area (Å²) in [5, 5.41) is 2.08. The summed E-state index contributed by atoms with van der Waals surface area (Å²) >= 11 is 24.0. The van der Waals surface area contributed by atoms with Gasteiger partial charge in [-0.3, -0.25) is 19.3 Å². The van der Waals surface area contributed by atoms with Gasteiger partial charge in [0.2, 0.25) is 5.91 Å². The van der Waals surface area contributed by atoms with Gasteiger partial charge in [-0.2, -0.15) is 0 Å². The van der Waals surface area contributed by atoms with Gasteiger partial charge in [0.1, 0.15) is 6.54 Å². The van der Waals surface area contributed by atoms with Gasteiger partial charge in [-0.25, -0.2) is 0 Å². The van der Waals surface area contributed by atoms with Crippen LogP contribution in [0.15, 0.2) is 30.3 Å². The first-order valence-electron chi connectivity index (χ1n) is 7.35. The van der Waals surface area contributed by atoms with E-state index in [1.54, 1.807) is 0 Å². The fraction of sp³-hybridized carbons (Fsp3) is 0.118. The summed E-state index contributed by atoms with van der Waals surface area (Å²) in [6, 6.07) is 9.21. The largest absolute Gasteiger partial charge is 0.350 e. The van der Waals surface area contributed by atoms with Gasteiger partial charge in [0, 0.05) is 6.54 Å². The van der Waals surface area contributed by atoms with Crippen LogP contribution < -0.4 is 5.32 Å². The molecule has 2 aromatic carbocycles. The molecule has 26 heavy (non-hydrogen) atoms. The van der Waals surface area contributed by atoms with Gasteiger partial charge in [-0.15, -0.1) is 0 Å². The minimum atomic E-state index is -0.745. The summed E-state index contributed by atoms with van der Waals surface area (Å²) in [6.07, 6.45) is 0. The molecule has 9 heteroatoms. The van der Waals surface area contributed by atoms with Gasteiger partial charge < -0.3 is 5.32 Å². The molecule has 0 radical (unpaired) electrons. The van der Waals surface area contributed by atoms with Crippen LogP contribution in [0.3, 0.4) is 0 Å². The van der Waals surface area contributed by atoms with Gasteiger partial charge in [0.15, 0.2) is 0 Å². The van der Waals surface area contributed by atoms with E-state index >= 15 is 0 Å². The molecule has 0 unspecified atom stereocenters. The van der Waals surface area contributed by atoms with Crippen LogP contribution in [0.1, 0.15) is 26.3 Å². The Labute approximate surface area is 168 Å². The van der Waals surface area contributed by atoms with Crippen LogP contribution in [0.4, 0.5) is 0 Å². The highest BCUT2D eigenvalue weighted by Gasteiger charge is 2.42. The molecule has 0 bridgehead atoms. The Morgan fingerprint density at radius 2 is 1.35 bits per heavy atom. The Morgan fingerprint density at radius 3 is 1.85 bits per heavy atom. The molecule has 1 aliphatic rings. The predicted octanol–water partition coefficient (Wildman–Crippen LogP) is 4.21. The Hall–Kier alpha value is -1.79. The number of imide groups is 1. The third kappa shape index (κ3) is 3.28. The number of rotatable bonds is 4. The standard InChI is InChI=1S/C17H10Cl4N2O3/c18-12-10-11(13(19)15(21)14(12)20)17(26)23(16(10)25)7-9(24)22-6-8-4-2-1-3-5-8/h1-5H,6-7H2,(H,22,24). The molecule has 134 valence electrons. The van der Waals surface area contributed by atoms with Crippen LogP contribution in [-0.4, -0.2) is 29.2 Å². The van der Waals surface area contributed by atoms with Crippen molar-refractivity contribution in [1.82, 2.24) is 10.2 Å². The molecule has 3 amide bonds. The molecule has 1 aliphatic heterocycles. The minimum Gasteiger partial charge on any atom is -0.350 e. The second-order valence-corrected chi connectivity index (χ2v) is 6.98. The molecule has 5 nitrogen and oxygen atoms in total. The molecule has 2 aromatic rings. The van der Waals surface area contributed by atoms with Crippen LogP contribution in [0.25, 0.3) is 0 Å². The number of nitrogens with one attached hydrogen (secondary N) is 1. The van der Waals surface area contributed by atoms with Gasteiger partial charge in [0.05, 0.1) is 31.2 Å². The van der Waals surface area contributed by atoms with Crippen LogP contribution in [0.2, 0.25) is 20.1 Å².